The van der Waals surface area contributed by atoms with Crippen molar-refractivity contribution in [2.24, 2.45) is 5.92 Å². The third-order valence-corrected chi connectivity index (χ3v) is 3.78. The summed E-state index contributed by atoms with van der Waals surface area (Å²) in [6.45, 7) is 3.43. The number of hydrogen-bond acceptors (Lipinski definition) is 6. The minimum Gasteiger partial charge on any atom is -0.396 e. The minimum absolute atomic E-state index is 0.201. The molecule has 3 rings (SSSR count). The number of aliphatic hydroxyl groups is 2. The molecule has 1 aliphatic carbocycles. The highest BCUT2D eigenvalue weighted by Crippen LogP contribution is 2.42. The van der Waals surface area contributed by atoms with E-state index in [0.29, 0.717) is 16.7 Å². The molecule has 0 saturated heterocycles. The number of halogens is 1. The van der Waals surface area contributed by atoms with Gasteiger partial charge in [0, 0.05) is 5.92 Å². The standard InChI is InChI=1S/C12H14FN5O2/c1-5-6(2-19)10(20)7(13)9(5)18-4-17-8-11(14)15-3-16-12(8)18/h3-4,6-7,9-10,19-20H,1-2H2,(H2,14,15,16)/t6-,7?,9+,10-/m0/s1. The molecule has 20 heavy (non-hydrogen) atoms. The smallest absolute Gasteiger partial charge is 0.166 e. The van der Waals surface area contributed by atoms with Crippen LogP contribution < -0.4 is 5.73 Å². The number of fused-ring (bicyclic) bond motifs is 1. The van der Waals surface area contributed by atoms with Crippen molar-refractivity contribution in [2.75, 3.05) is 12.3 Å². The molecule has 106 valence electrons. The van der Waals surface area contributed by atoms with Crippen LogP contribution in [-0.4, -0.2) is 48.6 Å². The van der Waals surface area contributed by atoms with Crippen molar-refractivity contribution in [3.63, 3.8) is 0 Å². The van der Waals surface area contributed by atoms with E-state index in [1.807, 2.05) is 0 Å². The molecule has 2 aromatic heterocycles. The third kappa shape index (κ3) is 1.61. The van der Waals surface area contributed by atoms with Crippen molar-refractivity contribution < 1.29 is 14.6 Å². The van der Waals surface area contributed by atoms with Gasteiger partial charge >= 0.3 is 0 Å². The molecular formula is C12H14FN5O2. The zero-order valence-corrected chi connectivity index (χ0v) is 10.5. The zero-order chi connectivity index (χ0) is 14.4. The summed E-state index contributed by atoms with van der Waals surface area (Å²) < 4.78 is 15.8. The van der Waals surface area contributed by atoms with Gasteiger partial charge in [-0.15, -0.1) is 0 Å². The Hall–Kier alpha value is -2.06. The zero-order valence-electron chi connectivity index (χ0n) is 10.5. The van der Waals surface area contributed by atoms with E-state index in [4.69, 9.17) is 5.73 Å². The number of aliphatic hydroxyl groups excluding tert-OH is 2. The second-order valence-electron chi connectivity index (χ2n) is 4.83. The summed E-state index contributed by atoms with van der Waals surface area (Å²) in [6, 6.07) is -0.832. The van der Waals surface area contributed by atoms with Crippen LogP contribution in [0, 0.1) is 5.92 Å². The van der Waals surface area contributed by atoms with Crippen LogP contribution in [0.4, 0.5) is 10.2 Å². The maximum absolute atomic E-state index is 14.3. The van der Waals surface area contributed by atoms with Gasteiger partial charge in [-0.05, 0) is 5.57 Å². The fraction of sp³-hybridized carbons (Fsp3) is 0.417. The van der Waals surface area contributed by atoms with Gasteiger partial charge in [-0.25, -0.2) is 19.3 Å². The lowest BCUT2D eigenvalue weighted by atomic mass is 10.0. The van der Waals surface area contributed by atoms with Crippen molar-refractivity contribution in [1.29, 1.82) is 0 Å². The van der Waals surface area contributed by atoms with E-state index in [1.54, 1.807) is 0 Å². The topological polar surface area (TPSA) is 110 Å². The maximum atomic E-state index is 14.3. The van der Waals surface area contributed by atoms with Gasteiger partial charge < -0.3 is 20.5 Å². The van der Waals surface area contributed by atoms with Crippen LogP contribution in [-0.2, 0) is 0 Å². The molecule has 0 radical (unpaired) electrons. The number of nitrogen functional groups attached to an aromatic ring is 1. The first-order valence-corrected chi connectivity index (χ1v) is 6.11. The van der Waals surface area contributed by atoms with Crippen molar-refractivity contribution in [3.8, 4) is 0 Å². The van der Waals surface area contributed by atoms with E-state index in [-0.39, 0.29) is 12.4 Å². The minimum atomic E-state index is -1.59. The van der Waals surface area contributed by atoms with Gasteiger partial charge in [0.1, 0.15) is 11.8 Å². The first-order valence-electron chi connectivity index (χ1n) is 6.11. The Bertz CT molecular complexity index is 673. The van der Waals surface area contributed by atoms with E-state index in [9.17, 15) is 14.6 Å². The largest absolute Gasteiger partial charge is 0.396 e. The highest BCUT2D eigenvalue weighted by atomic mass is 19.1. The lowest BCUT2D eigenvalue weighted by Gasteiger charge is -2.17. The van der Waals surface area contributed by atoms with Crippen LogP contribution in [0.3, 0.4) is 0 Å². The normalized spacial score (nSPS) is 30.2. The van der Waals surface area contributed by atoms with Crippen LogP contribution >= 0.6 is 0 Å². The summed E-state index contributed by atoms with van der Waals surface area (Å²) in [4.78, 5) is 11.9. The number of nitrogens with two attached hydrogens (primary N) is 1. The van der Waals surface area contributed by atoms with Crippen LogP contribution in [0.1, 0.15) is 6.04 Å². The monoisotopic (exact) mass is 279 g/mol. The molecule has 0 aliphatic heterocycles. The summed E-state index contributed by atoms with van der Waals surface area (Å²) in [5.74, 6) is -0.501. The van der Waals surface area contributed by atoms with Gasteiger partial charge in [0.15, 0.2) is 17.6 Å². The average molecular weight is 279 g/mol. The molecule has 2 aromatic rings. The Labute approximate surface area is 113 Å². The maximum Gasteiger partial charge on any atom is 0.166 e. The lowest BCUT2D eigenvalue weighted by Crippen LogP contribution is -2.26. The number of rotatable bonds is 2. The molecule has 7 nitrogen and oxygen atoms in total. The molecule has 2 heterocycles. The molecule has 8 heteroatoms. The lowest BCUT2D eigenvalue weighted by molar-refractivity contribution is 0.0426. The molecular weight excluding hydrogens is 265 g/mol. The molecule has 0 spiro atoms. The van der Waals surface area contributed by atoms with E-state index >= 15 is 0 Å². The van der Waals surface area contributed by atoms with E-state index in [2.05, 4.69) is 21.5 Å². The number of alkyl halides is 1. The van der Waals surface area contributed by atoms with Crippen LogP contribution in [0.15, 0.2) is 24.8 Å². The molecule has 0 aromatic carbocycles. The quantitative estimate of drug-likeness (QED) is 0.658. The Kier molecular flexibility index (Phi) is 2.91. The molecule has 4 atom stereocenters. The SMILES string of the molecule is C=C1[C@@H](n2cnc3c(N)ncnc32)C(F)[C@@H](O)[C@H]1CO. The predicted molar refractivity (Wildman–Crippen MR) is 69.4 cm³/mol. The number of hydrogen-bond donors (Lipinski definition) is 3. The van der Waals surface area contributed by atoms with Gasteiger partial charge in [-0.3, -0.25) is 0 Å². The van der Waals surface area contributed by atoms with Gasteiger partial charge in [0.05, 0.1) is 25.1 Å². The Morgan fingerprint density at radius 2 is 2.15 bits per heavy atom. The molecule has 1 fully saturated rings. The molecule has 1 saturated carbocycles. The van der Waals surface area contributed by atoms with Crippen molar-refractivity contribution >= 4 is 17.0 Å². The second kappa shape index (κ2) is 4.50. The summed E-state index contributed by atoms with van der Waals surface area (Å²) >= 11 is 0. The molecule has 0 amide bonds. The average Bonchev–Trinajstić information content (AvgIpc) is 2.92. The number of nitrogens with zero attached hydrogens (tertiary/aromatic N) is 4. The Balaban J connectivity index is 2.12. The summed E-state index contributed by atoms with van der Waals surface area (Å²) in [6.07, 6.45) is -0.229. The van der Waals surface area contributed by atoms with Gasteiger partial charge in [0.25, 0.3) is 0 Å². The van der Waals surface area contributed by atoms with E-state index in [0.717, 1.165) is 0 Å². The summed E-state index contributed by atoms with van der Waals surface area (Å²) in [7, 11) is 0. The summed E-state index contributed by atoms with van der Waals surface area (Å²) in [5.41, 5.74) is 6.83. The van der Waals surface area contributed by atoms with Gasteiger partial charge in [-0.1, -0.05) is 6.58 Å². The second-order valence-corrected chi connectivity index (χ2v) is 4.83. The van der Waals surface area contributed by atoms with E-state index < -0.39 is 24.2 Å². The molecule has 1 unspecified atom stereocenters. The van der Waals surface area contributed by atoms with Crippen molar-refractivity contribution in [2.45, 2.75) is 18.3 Å². The van der Waals surface area contributed by atoms with Crippen molar-refractivity contribution in [1.82, 2.24) is 19.5 Å². The van der Waals surface area contributed by atoms with Crippen LogP contribution in [0.2, 0.25) is 0 Å². The van der Waals surface area contributed by atoms with Gasteiger partial charge in [-0.2, -0.15) is 0 Å². The first-order chi connectivity index (χ1) is 9.56. The summed E-state index contributed by atoms with van der Waals surface area (Å²) in [5, 5.41) is 19.1. The number of anilines is 1. The Morgan fingerprint density at radius 1 is 1.40 bits per heavy atom. The highest BCUT2D eigenvalue weighted by Gasteiger charge is 2.47. The molecule has 4 N–H and O–H groups in total. The Morgan fingerprint density at radius 3 is 2.80 bits per heavy atom. The van der Waals surface area contributed by atoms with Crippen LogP contribution in [0.5, 0.6) is 0 Å². The fourth-order valence-electron chi connectivity index (χ4n) is 2.68. The number of imidazole rings is 1. The fourth-order valence-corrected chi connectivity index (χ4v) is 2.68. The third-order valence-electron chi connectivity index (χ3n) is 3.78. The predicted octanol–water partition coefficient (Wildman–Crippen LogP) is -0.173. The van der Waals surface area contributed by atoms with Gasteiger partial charge in [0.2, 0.25) is 0 Å². The molecule has 1 aliphatic rings. The van der Waals surface area contributed by atoms with E-state index in [1.165, 1.54) is 17.2 Å². The first kappa shape index (κ1) is 12.9. The molecule has 0 bridgehead atoms. The number of aromatic nitrogens is 4. The van der Waals surface area contributed by atoms with Crippen LogP contribution in [0.25, 0.3) is 11.2 Å². The highest BCUT2D eigenvalue weighted by molar-refractivity contribution is 5.81. The van der Waals surface area contributed by atoms with Crippen molar-refractivity contribution in [3.05, 3.63) is 24.8 Å².